The molecule has 0 spiro atoms. The number of carbonyl (C=O) groups is 2. The van der Waals surface area contributed by atoms with E-state index in [-0.39, 0.29) is 16.9 Å². The van der Waals surface area contributed by atoms with Crippen molar-refractivity contribution in [3.63, 3.8) is 0 Å². The van der Waals surface area contributed by atoms with E-state index in [1.807, 2.05) is 31.2 Å². The summed E-state index contributed by atoms with van der Waals surface area (Å²) in [6.45, 7) is 3.27. The van der Waals surface area contributed by atoms with Crippen molar-refractivity contribution < 1.29 is 14.0 Å². The Hall–Kier alpha value is -2.60. The van der Waals surface area contributed by atoms with Crippen LogP contribution in [0.25, 0.3) is 11.1 Å². The number of nitrogens with one attached hydrogen (secondary N) is 1. The van der Waals surface area contributed by atoms with Crippen molar-refractivity contribution in [3.8, 4) is 0 Å². The molecule has 0 aliphatic heterocycles. The number of para-hydroxylation sites is 2. The Kier molecular flexibility index (Phi) is 4.66. The van der Waals surface area contributed by atoms with Gasteiger partial charge < -0.3 is 9.73 Å². The Morgan fingerprint density at radius 2 is 1.83 bits per heavy atom. The van der Waals surface area contributed by atoms with Crippen LogP contribution in [-0.2, 0) is 4.79 Å². The number of aromatic nitrogens is 1. The summed E-state index contributed by atoms with van der Waals surface area (Å²) in [6.07, 6.45) is 0. The van der Waals surface area contributed by atoms with Gasteiger partial charge in [-0.15, -0.1) is 0 Å². The van der Waals surface area contributed by atoms with Gasteiger partial charge in [0, 0.05) is 18.2 Å². The highest BCUT2D eigenvalue weighted by atomic mass is 32.2. The summed E-state index contributed by atoms with van der Waals surface area (Å²) in [6, 6.07) is 14.3. The van der Waals surface area contributed by atoms with Crippen LogP contribution in [0, 0.1) is 0 Å². The molecule has 1 heterocycles. The highest BCUT2D eigenvalue weighted by molar-refractivity contribution is 8.00. The maximum atomic E-state index is 12.5. The van der Waals surface area contributed by atoms with Gasteiger partial charge in [0.2, 0.25) is 5.91 Å². The second kappa shape index (κ2) is 6.88. The predicted molar refractivity (Wildman–Crippen MR) is 94.4 cm³/mol. The van der Waals surface area contributed by atoms with Crippen LogP contribution >= 0.6 is 11.8 Å². The number of nitrogens with zero attached hydrogens (tertiary/aromatic N) is 1. The molecule has 0 saturated heterocycles. The van der Waals surface area contributed by atoms with E-state index in [0.717, 1.165) is 5.52 Å². The number of ketones is 1. The Bertz CT molecular complexity index is 854. The molecule has 1 aromatic heterocycles. The average Bonchev–Trinajstić information content (AvgIpc) is 2.96. The van der Waals surface area contributed by atoms with Gasteiger partial charge in [0.15, 0.2) is 11.4 Å². The van der Waals surface area contributed by atoms with Crippen LogP contribution in [0.15, 0.2) is 58.2 Å². The number of anilines is 1. The summed E-state index contributed by atoms with van der Waals surface area (Å²) >= 11 is 1.29. The number of carbonyl (C=O) groups excluding carboxylic acids is 2. The largest absolute Gasteiger partial charge is 0.431 e. The summed E-state index contributed by atoms with van der Waals surface area (Å²) in [5.41, 5.74) is 2.73. The van der Waals surface area contributed by atoms with E-state index in [2.05, 4.69) is 10.3 Å². The second-order valence-electron chi connectivity index (χ2n) is 5.33. The molecule has 0 aliphatic rings. The molecule has 0 saturated carbocycles. The normalized spacial score (nSPS) is 12.1. The van der Waals surface area contributed by atoms with E-state index in [0.29, 0.717) is 22.1 Å². The molecule has 0 radical (unpaired) electrons. The lowest BCUT2D eigenvalue weighted by Crippen LogP contribution is -2.13. The van der Waals surface area contributed by atoms with Crippen LogP contribution in [0.3, 0.4) is 0 Å². The summed E-state index contributed by atoms with van der Waals surface area (Å²) in [5, 5.41) is 2.82. The van der Waals surface area contributed by atoms with E-state index in [4.69, 9.17) is 4.42 Å². The van der Waals surface area contributed by atoms with Crippen LogP contribution in [0.2, 0.25) is 0 Å². The number of thioether (sulfide) groups is 1. The molecule has 0 aliphatic carbocycles. The van der Waals surface area contributed by atoms with Crippen LogP contribution in [-0.4, -0.2) is 21.9 Å². The topological polar surface area (TPSA) is 72.2 Å². The van der Waals surface area contributed by atoms with Gasteiger partial charge in [-0.3, -0.25) is 9.59 Å². The molecule has 0 fully saturated rings. The van der Waals surface area contributed by atoms with Crippen LogP contribution in [0.5, 0.6) is 0 Å². The molecule has 24 heavy (non-hydrogen) atoms. The standard InChI is InChI=1S/C18H16N2O3S/c1-11(24-18-20-15-5-3-4-6-16(15)23-18)17(22)13-7-9-14(10-8-13)19-12(2)21/h3-11H,1-2H3,(H,19,21)/t11-/m1/s1. The third kappa shape index (κ3) is 3.65. The molecule has 6 heteroatoms. The van der Waals surface area contributed by atoms with E-state index >= 15 is 0 Å². The van der Waals surface area contributed by atoms with Crippen molar-refractivity contribution in [3.05, 3.63) is 54.1 Å². The summed E-state index contributed by atoms with van der Waals surface area (Å²) in [5.74, 6) is -0.161. The van der Waals surface area contributed by atoms with E-state index < -0.39 is 0 Å². The quantitative estimate of drug-likeness (QED) is 0.558. The summed E-state index contributed by atoms with van der Waals surface area (Å²) in [4.78, 5) is 27.9. The third-order valence-electron chi connectivity index (χ3n) is 3.41. The number of fused-ring (bicyclic) bond motifs is 1. The number of rotatable bonds is 5. The maximum Gasteiger partial charge on any atom is 0.257 e. The number of oxazole rings is 1. The van der Waals surface area contributed by atoms with Crippen molar-refractivity contribution >= 4 is 40.2 Å². The van der Waals surface area contributed by atoms with Gasteiger partial charge in [0.05, 0.1) is 5.25 Å². The molecule has 2 aromatic carbocycles. The molecule has 1 amide bonds. The monoisotopic (exact) mass is 340 g/mol. The number of benzene rings is 2. The predicted octanol–water partition coefficient (Wildman–Crippen LogP) is 4.15. The van der Waals surface area contributed by atoms with Gasteiger partial charge in [-0.25, -0.2) is 4.98 Å². The van der Waals surface area contributed by atoms with Gasteiger partial charge in [-0.1, -0.05) is 23.9 Å². The number of Topliss-reactive ketones (excluding diaryl/α,β-unsaturated/α-hetero) is 1. The molecular formula is C18H16N2O3S. The third-order valence-corrected chi connectivity index (χ3v) is 4.35. The van der Waals surface area contributed by atoms with Crippen molar-refractivity contribution in [2.45, 2.75) is 24.3 Å². The van der Waals surface area contributed by atoms with Gasteiger partial charge >= 0.3 is 0 Å². The lowest BCUT2D eigenvalue weighted by atomic mass is 10.1. The Balaban J connectivity index is 1.70. The molecule has 3 rings (SSSR count). The summed E-state index contributed by atoms with van der Waals surface area (Å²) in [7, 11) is 0. The van der Waals surface area contributed by atoms with Gasteiger partial charge in [-0.2, -0.15) is 0 Å². The minimum atomic E-state index is -0.329. The number of amides is 1. The zero-order valence-corrected chi connectivity index (χ0v) is 14.1. The smallest absolute Gasteiger partial charge is 0.257 e. The first kappa shape index (κ1) is 16.3. The fourth-order valence-corrected chi connectivity index (χ4v) is 3.10. The fraction of sp³-hybridized carbons (Fsp3) is 0.167. The van der Waals surface area contributed by atoms with Gasteiger partial charge in [0.25, 0.3) is 5.22 Å². The first-order valence-electron chi connectivity index (χ1n) is 7.47. The number of hydrogen-bond donors (Lipinski definition) is 1. The Morgan fingerprint density at radius 1 is 1.12 bits per heavy atom. The minimum absolute atomic E-state index is 0.0170. The first-order chi connectivity index (χ1) is 11.5. The van der Waals surface area contributed by atoms with Crippen molar-refractivity contribution in [1.82, 2.24) is 4.98 Å². The zero-order valence-electron chi connectivity index (χ0n) is 13.3. The molecule has 5 nitrogen and oxygen atoms in total. The van der Waals surface area contributed by atoms with E-state index in [1.54, 1.807) is 24.3 Å². The molecule has 0 bridgehead atoms. The van der Waals surface area contributed by atoms with Crippen molar-refractivity contribution in [2.75, 3.05) is 5.32 Å². The minimum Gasteiger partial charge on any atom is -0.431 e. The summed E-state index contributed by atoms with van der Waals surface area (Å²) < 4.78 is 5.64. The van der Waals surface area contributed by atoms with Crippen LogP contribution < -0.4 is 5.32 Å². The Morgan fingerprint density at radius 3 is 2.50 bits per heavy atom. The van der Waals surface area contributed by atoms with Crippen molar-refractivity contribution in [2.24, 2.45) is 0 Å². The van der Waals surface area contributed by atoms with E-state index in [9.17, 15) is 9.59 Å². The molecular weight excluding hydrogens is 324 g/mol. The van der Waals surface area contributed by atoms with Crippen molar-refractivity contribution in [1.29, 1.82) is 0 Å². The van der Waals surface area contributed by atoms with Crippen LogP contribution in [0.1, 0.15) is 24.2 Å². The highest BCUT2D eigenvalue weighted by Gasteiger charge is 2.19. The fourth-order valence-electron chi connectivity index (χ4n) is 2.26. The van der Waals surface area contributed by atoms with Gasteiger partial charge in [0.1, 0.15) is 5.52 Å². The lowest BCUT2D eigenvalue weighted by molar-refractivity contribution is -0.114. The van der Waals surface area contributed by atoms with Gasteiger partial charge in [-0.05, 0) is 43.3 Å². The zero-order chi connectivity index (χ0) is 17.1. The maximum absolute atomic E-state index is 12.5. The lowest BCUT2D eigenvalue weighted by Gasteiger charge is -2.08. The molecule has 1 N–H and O–H groups in total. The average molecular weight is 340 g/mol. The first-order valence-corrected chi connectivity index (χ1v) is 8.35. The van der Waals surface area contributed by atoms with Crippen LogP contribution in [0.4, 0.5) is 5.69 Å². The molecule has 3 aromatic rings. The molecule has 122 valence electrons. The highest BCUT2D eigenvalue weighted by Crippen LogP contribution is 2.28. The Labute approximate surface area is 143 Å². The second-order valence-corrected chi connectivity index (χ2v) is 6.62. The van der Waals surface area contributed by atoms with E-state index in [1.165, 1.54) is 18.7 Å². The number of hydrogen-bond acceptors (Lipinski definition) is 5. The SMILES string of the molecule is CC(=O)Nc1ccc(C(=O)[C@@H](C)Sc2nc3ccccc3o2)cc1. The molecule has 0 unspecified atom stereocenters. The molecule has 1 atom stereocenters.